The summed E-state index contributed by atoms with van der Waals surface area (Å²) in [6.45, 7) is 1.13. The molecule has 2 fully saturated rings. The molecule has 4 rings (SSSR count). The summed E-state index contributed by atoms with van der Waals surface area (Å²) in [5.74, 6) is 0.695. The van der Waals surface area contributed by atoms with Crippen LogP contribution in [-0.2, 0) is 10.0 Å². The second-order valence-corrected chi connectivity index (χ2v) is 8.51. The van der Waals surface area contributed by atoms with Crippen LogP contribution >= 0.6 is 0 Å². The summed E-state index contributed by atoms with van der Waals surface area (Å²) in [7, 11) is -1.92. The molecule has 6 heteroatoms. The first-order valence-corrected chi connectivity index (χ1v) is 9.85. The lowest BCUT2D eigenvalue weighted by Crippen LogP contribution is -2.39. The van der Waals surface area contributed by atoms with E-state index >= 15 is 0 Å². The first kappa shape index (κ1) is 15.9. The monoisotopic (exact) mass is 346 g/mol. The van der Waals surface area contributed by atoms with Crippen molar-refractivity contribution in [3.63, 3.8) is 0 Å². The van der Waals surface area contributed by atoms with Crippen LogP contribution in [0.1, 0.15) is 19.3 Å². The number of rotatable bonds is 3. The number of benzene rings is 2. The molecule has 2 atom stereocenters. The van der Waals surface area contributed by atoms with E-state index in [9.17, 15) is 8.42 Å². The Balaban J connectivity index is 1.78. The molecule has 0 aliphatic carbocycles. The Morgan fingerprint density at radius 1 is 1.04 bits per heavy atom. The molecule has 5 nitrogen and oxygen atoms in total. The number of hydrogen-bond acceptors (Lipinski definition) is 4. The maximum absolute atomic E-state index is 13.3. The minimum absolute atomic E-state index is 0.275. The van der Waals surface area contributed by atoms with E-state index in [0.29, 0.717) is 29.8 Å². The predicted molar refractivity (Wildman–Crippen MR) is 93.8 cm³/mol. The maximum atomic E-state index is 13.3. The van der Waals surface area contributed by atoms with Gasteiger partial charge < -0.3 is 10.1 Å². The lowest BCUT2D eigenvalue weighted by molar-refractivity contribution is 0.383. The minimum Gasteiger partial charge on any atom is -0.496 e. The lowest BCUT2D eigenvalue weighted by Gasteiger charge is -2.24. The molecule has 0 radical (unpaired) electrons. The number of sulfonamides is 1. The summed E-state index contributed by atoms with van der Waals surface area (Å²) in [6.07, 6.45) is 3.09. The van der Waals surface area contributed by atoms with E-state index < -0.39 is 10.0 Å². The minimum atomic E-state index is -3.52. The van der Waals surface area contributed by atoms with Crippen molar-refractivity contribution in [2.24, 2.45) is 0 Å². The highest BCUT2D eigenvalue weighted by Gasteiger charge is 2.35. The molecule has 0 saturated carbocycles. The van der Waals surface area contributed by atoms with E-state index in [1.54, 1.807) is 23.5 Å². The van der Waals surface area contributed by atoms with Gasteiger partial charge in [0.25, 0.3) is 0 Å². The van der Waals surface area contributed by atoms with Crippen molar-refractivity contribution >= 4 is 20.8 Å². The van der Waals surface area contributed by atoms with Gasteiger partial charge in [0.1, 0.15) is 5.75 Å². The van der Waals surface area contributed by atoms with E-state index in [4.69, 9.17) is 4.74 Å². The van der Waals surface area contributed by atoms with Crippen molar-refractivity contribution in [1.82, 2.24) is 9.62 Å². The Kier molecular flexibility index (Phi) is 3.98. The average molecular weight is 346 g/mol. The SMILES string of the molecule is COc1ccc(S(=O)(=O)N2CCC3CCC(C2)N3)c2ccccc12. The van der Waals surface area contributed by atoms with Crippen molar-refractivity contribution in [1.29, 1.82) is 0 Å². The van der Waals surface area contributed by atoms with E-state index in [-0.39, 0.29) is 6.04 Å². The Hall–Kier alpha value is -1.63. The van der Waals surface area contributed by atoms with Gasteiger partial charge in [-0.2, -0.15) is 4.31 Å². The number of methoxy groups -OCH3 is 1. The summed E-state index contributed by atoms with van der Waals surface area (Å²) in [6, 6.07) is 11.7. The third kappa shape index (κ3) is 2.59. The molecular weight excluding hydrogens is 324 g/mol. The van der Waals surface area contributed by atoms with Crippen LogP contribution in [0.15, 0.2) is 41.3 Å². The summed E-state index contributed by atoms with van der Waals surface area (Å²) >= 11 is 0. The van der Waals surface area contributed by atoms with E-state index in [1.807, 2.05) is 24.3 Å². The second-order valence-electron chi connectivity index (χ2n) is 6.60. The van der Waals surface area contributed by atoms with Gasteiger partial charge in [0.2, 0.25) is 10.0 Å². The zero-order chi connectivity index (χ0) is 16.7. The van der Waals surface area contributed by atoms with Gasteiger partial charge in [-0.3, -0.25) is 0 Å². The van der Waals surface area contributed by atoms with Crippen LogP contribution in [0.4, 0.5) is 0 Å². The van der Waals surface area contributed by atoms with Crippen molar-refractivity contribution in [3.8, 4) is 5.75 Å². The van der Waals surface area contributed by atoms with Crippen molar-refractivity contribution in [2.75, 3.05) is 20.2 Å². The third-order valence-corrected chi connectivity index (χ3v) is 7.09. The molecule has 2 aliphatic rings. The Morgan fingerprint density at radius 3 is 2.58 bits per heavy atom. The van der Waals surface area contributed by atoms with Crippen LogP contribution in [-0.4, -0.2) is 45.0 Å². The fraction of sp³-hybridized carbons (Fsp3) is 0.444. The lowest BCUT2D eigenvalue weighted by atomic mass is 10.1. The molecule has 2 bridgehead atoms. The van der Waals surface area contributed by atoms with E-state index in [1.165, 1.54) is 0 Å². The van der Waals surface area contributed by atoms with Crippen LogP contribution < -0.4 is 10.1 Å². The first-order valence-electron chi connectivity index (χ1n) is 8.41. The smallest absolute Gasteiger partial charge is 0.243 e. The molecule has 2 aromatic rings. The summed E-state index contributed by atoms with van der Waals surface area (Å²) in [5.41, 5.74) is 0. The molecule has 0 amide bonds. The Bertz CT molecular complexity index is 866. The molecule has 2 saturated heterocycles. The molecule has 2 heterocycles. The highest BCUT2D eigenvalue weighted by atomic mass is 32.2. The molecular formula is C18H22N2O3S. The van der Waals surface area contributed by atoms with Gasteiger partial charge in [-0.15, -0.1) is 0 Å². The van der Waals surface area contributed by atoms with Gasteiger partial charge >= 0.3 is 0 Å². The molecule has 0 aromatic heterocycles. The Morgan fingerprint density at radius 2 is 1.79 bits per heavy atom. The standard InChI is InChI=1S/C18H22N2O3S/c1-23-17-8-9-18(16-5-3-2-4-15(16)17)24(21,22)20-11-10-13-6-7-14(12-20)19-13/h2-5,8-9,13-14,19H,6-7,10-12H2,1H3. The Labute approximate surface area is 142 Å². The van der Waals surface area contributed by atoms with Crippen LogP contribution in [0.25, 0.3) is 10.8 Å². The molecule has 2 unspecified atom stereocenters. The predicted octanol–water partition coefficient (Wildman–Crippen LogP) is 2.36. The number of fused-ring (bicyclic) bond motifs is 3. The van der Waals surface area contributed by atoms with Crippen molar-refractivity contribution in [2.45, 2.75) is 36.2 Å². The fourth-order valence-electron chi connectivity index (χ4n) is 3.92. The molecule has 128 valence electrons. The maximum Gasteiger partial charge on any atom is 0.243 e. The number of hydrogen-bond donors (Lipinski definition) is 1. The quantitative estimate of drug-likeness (QED) is 0.927. The number of ether oxygens (including phenoxy) is 1. The van der Waals surface area contributed by atoms with Crippen molar-refractivity contribution < 1.29 is 13.2 Å². The molecule has 1 N–H and O–H groups in total. The highest BCUT2D eigenvalue weighted by molar-refractivity contribution is 7.89. The van der Waals surface area contributed by atoms with Gasteiger partial charge in [-0.25, -0.2) is 8.42 Å². The summed E-state index contributed by atoms with van der Waals surface area (Å²) in [5, 5.41) is 5.09. The van der Waals surface area contributed by atoms with Crippen LogP contribution in [0, 0.1) is 0 Å². The van der Waals surface area contributed by atoms with Gasteiger partial charge in [-0.05, 0) is 31.4 Å². The van der Waals surface area contributed by atoms with Crippen LogP contribution in [0.2, 0.25) is 0 Å². The molecule has 0 spiro atoms. The van der Waals surface area contributed by atoms with Crippen LogP contribution in [0.3, 0.4) is 0 Å². The first-order chi connectivity index (χ1) is 11.6. The summed E-state index contributed by atoms with van der Waals surface area (Å²) < 4.78 is 33.6. The highest BCUT2D eigenvalue weighted by Crippen LogP contribution is 2.33. The second kappa shape index (κ2) is 6.02. The van der Waals surface area contributed by atoms with Crippen molar-refractivity contribution in [3.05, 3.63) is 36.4 Å². The van der Waals surface area contributed by atoms with Gasteiger partial charge in [0, 0.05) is 35.9 Å². The van der Waals surface area contributed by atoms with Crippen LogP contribution in [0.5, 0.6) is 5.75 Å². The topological polar surface area (TPSA) is 58.6 Å². The number of nitrogens with zero attached hydrogens (tertiary/aromatic N) is 1. The van der Waals surface area contributed by atoms with E-state index in [2.05, 4.69) is 5.32 Å². The molecule has 2 aromatic carbocycles. The third-order valence-electron chi connectivity index (χ3n) is 5.17. The van der Waals surface area contributed by atoms with E-state index in [0.717, 1.165) is 30.0 Å². The number of nitrogens with one attached hydrogen (secondary N) is 1. The zero-order valence-corrected chi connectivity index (χ0v) is 14.6. The van der Waals surface area contributed by atoms with Gasteiger partial charge in [0.05, 0.1) is 12.0 Å². The largest absolute Gasteiger partial charge is 0.496 e. The fourth-order valence-corrected chi connectivity index (χ4v) is 5.61. The average Bonchev–Trinajstić information content (AvgIpc) is 2.92. The van der Waals surface area contributed by atoms with Gasteiger partial charge in [0.15, 0.2) is 0 Å². The van der Waals surface area contributed by atoms with Gasteiger partial charge in [-0.1, -0.05) is 24.3 Å². The normalized spacial score (nSPS) is 24.9. The molecule has 24 heavy (non-hydrogen) atoms. The molecule has 2 aliphatic heterocycles. The summed E-state index contributed by atoms with van der Waals surface area (Å²) in [4.78, 5) is 0.372. The zero-order valence-electron chi connectivity index (χ0n) is 13.7.